The van der Waals surface area contributed by atoms with E-state index in [0.29, 0.717) is 18.0 Å². The van der Waals surface area contributed by atoms with E-state index in [0.717, 1.165) is 29.0 Å². The molecule has 9 nitrogen and oxygen atoms in total. The van der Waals surface area contributed by atoms with Crippen LogP contribution >= 0.6 is 63.7 Å². The summed E-state index contributed by atoms with van der Waals surface area (Å²) >= 11 is 14.3. The fourth-order valence-corrected chi connectivity index (χ4v) is 6.10. The molecular formula is C27H29Br4NO8. The van der Waals surface area contributed by atoms with Gasteiger partial charge in [-0.1, -0.05) is 20.4 Å². The number of esters is 1. The summed E-state index contributed by atoms with van der Waals surface area (Å²) in [6, 6.07) is 7.92. The maximum atomic E-state index is 11.8. The maximum Gasteiger partial charge on any atom is 0.407 e. The standard InChI is InChI=1S/C27H29Br4NO8/c1-16(2)25(34)39-6-5-32-26(35)40-10-9-38-24-21(30)13-18(14-22(24)31)27(3,4)17-11-19(28)23(20(29)12-17)37-8-7-36-15-33/h11-15H,1,5-10H2,2-4H3,(H,32,35). The van der Waals surface area contributed by atoms with E-state index in [-0.39, 0.29) is 45.2 Å². The van der Waals surface area contributed by atoms with Gasteiger partial charge in [0.25, 0.3) is 6.47 Å². The number of hydrogen-bond donors (Lipinski definition) is 1. The van der Waals surface area contributed by atoms with Gasteiger partial charge in [-0.3, -0.25) is 4.79 Å². The van der Waals surface area contributed by atoms with Crippen molar-refractivity contribution in [3.05, 3.63) is 65.4 Å². The number of amides is 1. The van der Waals surface area contributed by atoms with Crippen molar-refractivity contribution in [1.29, 1.82) is 0 Å². The van der Waals surface area contributed by atoms with Crippen LogP contribution in [0.15, 0.2) is 54.3 Å². The van der Waals surface area contributed by atoms with Crippen LogP contribution in [0, 0.1) is 0 Å². The Hall–Kier alpha value is -2.09. The number of hydrogen-bond acceptors (Lipinski definition) is 8. The summed E-state index contributed by atoms with van der Waals surface area (Å²) in [4.78, 5) is 33.4. The number of ether oxygens (including phenoxy) is 5. The minimum Gasteiger partial charge on any atom is -0.488 e. The molecule has 0 saturated heterocycles. The lowest BCUT2D eigenvalue weighted by atomic mass is 9.78. The monoisotopic (exact) mass is 811 g/mol. The number of halogens is 4. The molecule has 2 aromatic carbocycles. The zero-order chi connectivity index (χ0) is 29.9. The van der Waals surface area contributed by atoms with Gasteiger partial charge in [0.15, 0.2) is 0 Å². The third-order valence-electron chi connectivity index (χ3n) is 5.47. The lowest BCUT2D eigenvalue weighted by Crippen LogP contribution is -2.29. The average Bonchev–Trinajstić information content (AvgIpc) is 2.88. The highest BCUT2D eigenvalue weighted by atomic mass is 79.9. The number of rotatable bonds is 15. The molecule has 0 spiro atoms. The van der Waals surface area contributed by atoms with Crippen molar-refractivity contribution >= 4 is 82.3 Å². The lowest BCUT2D eigenvalue weighted by Gasteiger charge is -2.28. The molecule has 218 valence electrons. The van der Waals surface area contributed by atoms with Crippen molar-refractivity contribution < 1.29 is 38.1 Å². The minimum atomic E-state index is -0.645. The van der Waals surface area contributed by atoms with Crippen LogP contribution in [-0.2, 0) is 29.2 Å². The summed E-state index contributed by atoms with van der Waals surface area (Å²) in [6.45, 7) is 10.3. The molecule has 0 aromatic heterocycles. The van der Waals surface area contributed by atoms with Gasteiger partial charge in [0.1, 0.15) is 44.5 Å². The second kappa shape index (κ2) is 16.4. The molecule has 0 aliphatic rings. The number of benzene rings is 2. The van der Waals surface area contributed by atoms with Crippen LogP contribution in [0.1, 0.15) is 31.9 Å². The zero-order valence-corrected chi connectivity index (χ0v) is 28.5. The van der Waals surface area contributed by atoms with Crippen molar-refractivity contribution in [1.82, 2.24) is 5.32 Å². The molecule has 0 aliphatic heterocycles. The molecule has 2 rings (SSSR count). The van der Waals surface area contributed by atoms with E-state index in [1.807, 2.05) is 24.3 Å². The van der Waals surface area contributed by atoms with E-state index in [2.05, 4.69) is 94.2 Å². The van der Waals surface area contributed by atoms with E-state index >= 15 is 0 Å². The Balaban J connectivity index is 1.98. The van der Waals surface area contributed by atoms with Crippen LogP contribution in [0.4, 0.5) is 4.79 Å². The van der Waals surface area contributed by atoms with Crippen LogP contribution < -0.4 is 14.8 Å². The maximum absolute atomic E-state index is 11.8. The fourth-order valence-electron chi connectivity index (χ4n) is 3.27. The second-order valence-corrected chi connectivity index (χ2v) is 12.2. The molecule has 0 aliphatic carbocycles. The topological polar surface area (TPSA) is 109 Å². The Morgan fingerprint density at radius 3 is 1.75 bits per heavy atom. The average molecular weight is 815 g/mol. The summed E-state index contributed by atoms with van der Waals surface area (Å²) in [5.74, 6) is 0.665. The number of carbonyl (C=O) groups is 3. The van der Waals surface area contributed by atoms with Gasteiger partial charge >= 0.3 is 12.1 Å². The van der Waals surface area contributed by atoms with E-state index in [1.54, 1.807) is 6.92 Å². The van der Waals surface area contributed by atoms with Gasteiger partial charge in [-0.05, 0) is 106 Å². The number of carbonyl (C=O) groups excluding carboxylic acids is 3. The highest BCUT2D eigenvalue weighted by Crippen LogP contribution is 2.44. The van der Waals surface area contributed by atoms with Crippen LogP contribution in [0.3, 0.4) is 0 Å². The molecule has 2 aromatic rings. The third-order valence-corrected chi connectivity index (χ3v) is 7.83. The summed E-state index contributed by atoms with van der Waals surface area (Å²) in [5, 5.41) is 2.49. The summed E-state index contributed by atoms with van der Waals surface area (Å²) in [7, 11) is 0. The Morgan fingerprint density at radius 1 is 0.825 bits per heavy atom. The molecule has 1 N–H and O–H groups in total. The normalized spacial score (nSPS) is 10.9. The Bertz CT molecular complexity index is 1190. The first-order valence-corrected chi connectivity index (χ1v) is 15.1. The van der Waals surface area contributed by atoms with Crippen molar-refractivity contribution in [2.45, 2.75) is 26.2 Å². The molecule has 0 bridgehead atoms. The summed E-state index contributed by atoms with van der Waals surface area (Å²) in [6.07, 6.45) is -0.645. The molecule has 0 atom stereocenters. The van der Waals surface area contributed by atoms with E-state index in [9.17, 15) is 14.4 Å². The van der Waals surface area contributed by atoms with Gasteiger partial charge in [-0.25, -0.2) is 9.59 Å². The predicted octanol–water partition coefficient (Wildman–Crippen LogP) is 6.84. The first-order valence-electron chi connectivity index (χ1n) is 11.9. The molecule has 13 heteroatoms. The quantitative estimate of drug-likeness (QED) is 0.0685. The van der Waals surface area contributed by atoms with Crippen molar-refractivity contribution in [2.75, 3.05) is 39.6 Å². The smallest absolute Gasteiger partial charge is 0.407 e. The highest BCUT2D eigenvalue weighted by molar-refractivity contribution is 9.11. The van der Waals surface area contributed by atoms with Crippen molar-refractivity contribution in [3.63, 3.8) is 0 Å². The Kier molecular flexibility index (Phi) is 14.0. The fraction of sp³-hybridized carbons (Fsp3) is 0.370. The predicted molar refractivity (Wildman–Crippen MR) is 164 cm³/mol. The highest BCUT2D eigenvalue weighted by Gasteiger charge is 2.27. The third kappa shape index (κ3) is 10.1. The summed E-state index contributed by atoms with van der Waals surface area (Å²) < 4.78 is 29.2. The molecular weight excluding hydrogens is 786 g/mol. The van der Waals surface area contributed by atoms with E-state index in [4.69, 9.17) is 18.9 Å². The molecule has 0 fully saturated rings. The molecule has 40 heavy (non-hydrogen) atoms. The largest absolute Gasteiger partial charge is 0.488 e. The number of alkyl carbamates (subject to hydrolysis) is 1. The van der Waals surface area contributed by atoms with Gasteiger partial charge in [0.05, 0.1) is 24.4 Å². The van der Waals surface area contributed by atoms with Gasteiger partial charge in [-0.2, -0.15) is 0 Å². The van der Waals surface area contributed by atoms with Gasteiger partial charge < -0.3 is 29.0 Å². The van der Waals surface area contributed by atoms with Crippen LogP contribution in [-0.4, -0.2) is 58.1 Å². The first kappa shape index (κ1) is 34.1. The molecule has 0 radical (unpaired) electrons. The van der Waals surface area contributed by atoms with Crippen molar-refractivity contribution in [3.8, 4) is 11.5 Å². The first-order chi connectivity index (χ1) is 18.9. The van der Waals surface area contributed by atoms with Crippen LogP contribution in [0.2, 0.25) is 0 Å². The summed E-state index contributed by atoms with van der Waals surface area (Å²) in [5.41, 5.74) is 1.90. The lowest BCUT2D eigenvalue weighted by molar-refractivity contribution is -0.138. The van der Waals surface area contributed by atoms with Crippen LogP contribution in [0.25, 0.3) is 0 Å². The van der Waals surface area contributed by atoms with Crippen LogP contribution in [0.5, 0.6) is 11.5 Å². The molecule has 0 saturated carbocycles. The molecule has 0 unspecified atom stereocenters. The second-order valence-electron chi connectivity index (χ2n) is 8.81. The van der Waals surface area contributed by atoms with Gasteiger partial charge in [0, 0.05) is 11.0 Å². The Morgan fingerprint density at radius 2 is 1.30 bits per heavy atom. The molecule has 1 amide bonds. The zero-order valence-electron chi connectivity index (χ0n) is 22.1. The van der Waals surface area contributed by atoms with E-state index < -0.39 is 17.5 Å². The van der Waals surface area contributed by atoms with Gasteiger partial charge in [-0.15, -0.1) is 0 Å². The number of nitrogens with one attached hydrogen (secondary N) is 1. The molecule has 0 heterocycles. The Labute approximate surface area is 266 Å². The SMILES string of the molecule is C=C(C)C(=O)OCCNC(=O)OCCOc1c(Br)cc(C(C)(C)c2cc(Br)c(OCCOC=O)c(Br)c2)cc1Br. The van der Waals surface area contributed by atoms with Crippen molar-refractivity contribution in [2.24, 2.45) is 0 Å². The van der Waals surface area contributed by atoms with E-state index in [1.165, 1.54) is 0 Å². The minimum absolute atomic E-state index is 0.0151. The van der Waals surface area contributed by atoms with Gasteiger partial charge in [0.2, 0.25) is 0 Å².